The van der Waals surface area contributed by atoms with E-state index in [1.165, 1.54) is 11.1 Å². The van der Waals surface area contributed by atoms with E-state index in [1.54, 1.807) is 5.48 Å². The third-order valence-corrected chi connectivity index (χ3v) is 4.74. The highest BCUT2D eigenvalue weighted by atomic mass is 16.5. The van der Waals surface area contributed by atoms with Crippen molar-refractivity contribution < 1.29 is 10.0 Å². The second kappa shape index (κ2) is 10.4. The molecular weight excluding hydrogens is 352 g/mol. The minimum Gasteiger partial charge on any atom is -0.289 e. The van der Waals surface area contributed by atoms with Gasteiger partial charge in [-0.1, -0.05) is 79.1 Å². The molecule has 146 valence electrons. The first-order valence-electron chi connectivity index (χ1n) is 9.75. The summed E-state index contributed by atoms with van der Waals surface area (Å²) in [5.74, 6) is -0.313. The van der Waals surface area contributed by atoms with Crippen LogP contribution in [-0.2, 0) is 11.3 Å². The Morgan fingerprint density at radius 3 is 2.25 bits per heavy atom. The largest absolute Gasteiger partial charge is 0.289 e. The molecule has 0 aliphatic heterocycles. The molecule has 6 nitrogen and oxygen atoms in total. The van der Waals surface area contributed by atoms with E-state index in [0.29, 0.717) is 6.42 Å². The van der Waals surface area contributed by atoms with Gasteiger partial charge in [0.05, 0.1) is 6.20 Å². The lowest BCUT2D eigenvalue weighted by Gasteiger charge is -2.03. The van der Waals surface area contributed by atoms with E-state index in [2.05, 4.69) is 46.7 Å². The summed E-state index contributed by atoms with van der Waals surface area (Å²) in [6.07, 6.45) is 7.35. The molecular formula is C22H26N4O2. The van der Waals surface area contributed by atoms with Crippen LogP contribution in [0.3, 0.4) is 0 Å². The van der Waals surface area contributed by atoms with Crippen LogP contribution in [0.5, 0.6) is 0 Å². The maximum atomic E-state index is 10.9. The molecule has 1 aromatic heterocycles. The average Bonchev–Trinajstić information content (AvgIpc) is 3.22. The van der Waals surface area contributed by atoms with Gasteiger partial charge in [0.25, 0.3) is 0 Å². The summed E-state index contributed by atoms with van der Waals surface area (Å²) < 4.78 is 1.89. The van der Waals surface area contributed by atoms with Crippen molar-refractivity contribution in [2.24, 2.45) is 0 Å². The predicted octanol–water partition coefficient (Wildman–Crippen LogP) is 4.46. The number of unbranched alkanes of at least 4 members (excludes halogenated alkanes) is 4. The normalized spacial score (nSPS) is 10.8. The highest BCUT2D eigenvalue weighted by Crippen LogP contribution is 2.23. The van der Waals surface area contributed by atoms with E-state index in [1.807, 2.05) is 29.1 Å². The molecule has 0 bridgehead atoms. The first kappa shape index (κ1) is 19.8. The Hall–Kier alpha value is -2.99. The van der Waals surface area contributed by atoms with Crippen molar-refractivity contribution in [3.8, 4) is 22.4 Å². The number of hydrogen-bond acceptors (Lipinski definition) is 4. The number of carbonyl (C=O) groups excluding carboxylic acids is 1. The molecule has 0 saturated heterocycles. The third kappa shape index (κ3) is 5.76. The molecule has 2 N–H and O–H groups in total. The van der Waals surface area contributed by atoms with E-state index in [0.717, 1.165) is 49.9 Å². The van der Waals surface area contributed by atoms with Crippen LogP contribution >= 0.6 is 0 Å². The Labute approximate surface area is 165 Å². The zero-order chi connectivity index (χ0) is 19.6. The van der Waals surface area contributed by atoms with Crippen molar-refractivity contribution in [1.29, 1.82) is 0 Å². The first-order chi connectivity index (χ1) is 13.8. The molecule has 1 heterocycles. The van der Waals surface area contributed by atoms with Gasteiger partial charge in [-0.05, 0) is 24.0 Å². The summed E-state index contributed by atoms with van der Waals surface area (Å²) in [6.45, 7) is 0.840. The fourth-order valence-electron chi connectivity index (χ4n) is 3.15. The van der Waals surface area contributed by atoms with Gasteiger partial charge < -0.3 is 0 Å². The number of rotatable bonds is 10. The monoisotopic (exact) mass is 378 g/mol. The maximum Gasteiger partial charge on any atom is 0.243 e. The lowest BCUT2D eigenvalue weighted by molar-refractivity contribution is -0.129. The van der Waals surface area contributed by atoms with E-state index in [-0.39, 0.29) is 5.91 Å². The Morgan fingerprint density at radius 1 is 0.857 bits per heavy atom. The fraction of sp³-hybridized carbons (Fsp3) is 0.318. The summed E-state index contributed by atoms with van der Waals surface area (Å²) in [5, 5.41) is 17.0. The standard InChI is InChI=1S/C22H26N4O2/c27-22(24-28)11-7-2-1-3-8-16-26-17-21(23-25-26)20-14-12-19(13-15-20)18-9-5-4-6-10-18/h4-6,9-10,12-15,17,28H,1-3,7-8,11,16H2,(H,24,27). The van der Waals surface area contributed by atoms with Crippen molar-refractivity contribution in [2.75, 3.05) is 0 Å². The third-order valence-electron chi connectivity index (χ3n) is 4.74. The van der Waals surface area contributed by atoms with Gasteiger partial charge in [-0.25, -0.2) is 5.48 Å². The second-order valence-corrected chi connectivity index (χ2v) is 6.86. The molecule has 3 rings (SSSR count). The fourth-order valence-corrected chi connectivity index (χ4v) is 3.15. The Kier molecular flexibility index (Phi) is 7.32. The molecule has 3 aromatic rings. The summed E-state index contributed by atoms with van der Waals surface area (Å²) in [7, 11) is 0. The van der Waals surface area contributed by atoms with Gasteiger partial charge in [0.1, 0.15) is 5.69 Å². The number of hydrogen-bond donors (Lipinski definition) is 2. The van der Waals surface area contributed by atoms with Gasteiger partial charge in [-0.2, -0.15) is 0 Å². The van der Waals surface area contributed by atoms with Gasteiger partial charge in [-0.3, -0.25) is 14.7 Å². The summed E-state index contributed by atoms with van der Waals surface area (Å²) in [6, 6.07) is 18.7. The van der Waals surface area contributed by atoms with Crippen molar-refractivity contribution in [2.45, 2.75) is 45.1 Å². The van der Waals surface area contributed by atoms with Crippen molar-refractivity contribution >= 4 is 5.91 Å². The minimum absolute atomic E-state index is 0.313. The predicted molar refractivity (Wildman–Crippen MR) is 109 cm³/mol. The molecule has 0 fully saturated rings. The number of aromatic nitrogens is 3. The smallest absolute Gasteiger partial charge is 0.243 e. The Bertz CT molecular complexity index is 860. The van der Waals surface area contributed by atoms with Crippen molar-refractivity contribution in [3.63, 3.8) is 0 Å². The van der Waals surface area contributed by atoms with Crippen LogP contribution in [0.4, 0.5) is 0 Å². The molecule has 2 aromatic carbocycles. The van der Waals surface area contributed by atoms with Gasteiger partial charge >= 0.3 is 0 Å². The molecule has 0 radical (unpaired) electrons. The van der Waals surface area contributed by atoms with Gasteiger partial charge in [0, 0.05) is 18.5 Å². The quantitative estimate of drug-likeness (QED) is 0.310. The summed E-state index contributed by atoms with van der Waals surface area (Å²) in [4.78, 5) is 10.9. The SMILES string of the molecule is O=C(CCCCCCCn1cc(-c2ccc(-c3ccccc3)cc2)nn1)NO. The highest BCUT2D eigenvalue weighted by molar-refractivity contribution is 5.74. The number of hydroxylamine groups is 1. The van der Waals surface area contributed by atoms with E-state index >= 15 is 0 Å². The second-order valence-electron chi connectivity index (χ2n) is 6.86. The molecule has 6 heteroatoms. The molecule has 28 heavy (non-hydrogen) atoms. The van der Waals surface area contributed by atoms with E-state index in [4.69, 9.17) is 5.21 Å². The molecule has 0 atom stereocenters. The van der Waals surface area contributed by atoms with Crippen molar-refractivity contribution in [3.05, 3.63) is 60.8 Å². The topological polar surface area (TPSA) is 80.0 Å². The number of nitrogens with zero attached hydrogens (tertiary/aromatic N) is 3. The molecule has 0 aliphatic carbocycles. The molecule has 0 spiro atoms. The van der Waals surface area contributed by atoms with Crippen LogP contribution in [0.25, 0.3) is 22.4 Å². The highest BCUT2D eigenvalue weighted by Gasteiger charge is 2.05. The Morgan fingerprint density at radius 2 is 1.50 bits per heavy atom. The molecule has 0 saturated carbocycles. The van der Waals surface area contributed by atoms with Gasteiger partial charge in [0.2, 0.25) is 5.91 Å². The van der Waals surface area contributed by atoms with Crippen LogP contribution in [0, 0.1) is 0 Å². The zero-order valence-electron chi connectivity index (χ0n) is 15.9. The van der Waals surface area contributed by atoms with Gasteiger partial charge in [0.15, 0.2) is 0 Å². The molecule has 1 amide bonds. The van der Waals surface area contributed by atoms with E-state index < -0.39 is 0 Å². The number of benzene rings is 2. The lowest BCUT2D eigenvalue weighted by atomic mass is 10.0. The minimum atomic E-state index is -0.313. The average molecular weight is 378 g/mol. The van der Waals surface area contributed by atoms with E-state index in [9.17, 15) is 4.79 Å². The van der Waals surface area contributed by atoms with Crippen LogP contribution in [0.1, 0.15) is 38.5 Å². The van der Waals surface area contributed by atoms with Crippen LogP contribution in [0.2, 0.25) is 0 Å². The summed E-state index contributed by atoms with van der Waals surface area (Å²) in [5.41, 5.74) is 6.00. The first-order valence-corrected chi connectivity index (χ1v) is 9.75. The summed E-state index contributed by atoms with van der Waals surface area (Å²) >= 11 is 0. The maximum absolute atomic E-state index is 10.9. The number of nitrogens with one attached hydrogen (secondary N) is 1. The molecule has 0 unspecified atom stereocenters. The van der Waals surface area contributed by atoms with Gasteiger partial charge in [-0.15, -0.1) is 5.10 Å². The Balaban J connectivity index is 1.43. The number of aryl methyl sites for hydroxylation is 1. The van der Waals surface area contributed by atoms with Crippen LogP contribution < -0.4 is 5.48 Å². The zero-order valence-corrected chi connectivity index (χ0v) is 15.9. The van der Waals surface area contributed by atoms with Crippen LogP contribution in [-0.4, -0.2) is 26.1 Å². The van der Waals surface area contributed by atoms with Crippen molar-refractivity contribution in [1.82, 2.24) is 20.5 Å². The number of amides is 1. The molecule has 0 aliphatic rings. The van der Waals surface area contributed by atoms with Crippen LogP contribution in [0.15, 0.2) is 60.8 Å². The number of carbonyl (C=O) groups is 1. The lowest BCUT2D eigenvalue weighted by Crippen LogP contribution is -2.17.